The summed E-state index contributed by atoms with van der Waals surface area (Å²) in [7, 11) is 1.77. The van der Waals surface area contributed by atoms with Gasteiger partial charge in [0.2, 0.25) is 5.91 Å². The van der Waals surface area contributed by atoms with Crippen LogP contribution >= 0.6 is 0 Å². The van der Waals surface area contributed by atoms with Crippen LogP contribution in [0, 0.1) is 0 Å². The summed E-state index contributed by atoms with van der Waals surface area (Å²) in [6.45, 7) is 4.66. The molecule has 0 bridgehead atoms. The molecule has 0 radical (unpaired) electrons. The first-order valence-corrected chi connectivity index (χ1v) is 10.6. The molecule has 1 heterocycles. The molecular formula is C25H31N5O2. The first-order chi connectivity index (χ1) is 15.4. The highest BCUT2D eigenvalue weighted by molar-refractivity contribution is 6.00. The number of nitrogens with one attached hydrogen (secondary N) is 1. The van der Waals surface area contributed by atoms with Gasteiger partial charge in [-0.15, -0.1) is 0 Å². The molecule has 0 saturated heterocycles. The maximum absolute atomic E-state index is 12.6. The van der Waals surface area contributed by atoms with E-state index in [0.717, 1.165) is 29.5 Å². The number of aryl methyl sites for hydroxylation is 1. The lowest BCUT2D eigenvalue weighted by Gasteiger charge is -2.21. The van der Waals surface area contributed by atoms with Crippen LogP contribution in [0.15, 0.2) is 71.3 Å². The predicted molar refractivity (Wildman–Crippen MR) is 129 cm³/mol. The van der Waals surface area contributed by atoms with Crippen molar-refractivity contribution in [3.8, 4) is 0 Å². The van der Waals surface area contributed by atoms with E-state index < -0.39 is 0 Å². The number of amidine groups is 1. The molecule has 0 unspecified atom stereocenters. The Hall–Kier alpha value is -3.74. The van der Waals surface area contributed by atoms with Crippen LogP contribution < -0.4 is 11.1 Å². The van der Waals surface area contributed by atoms with Crippen molar-refractivity contribution >= 4 is 24.1 Å². The first kappa shape index (κ1) is 24.5. The number of pyridine rings is 1. The molecule has 2 aromatic rings. The summed E-state index contributed by atoms with van der Waals surface area (Å²) in [6.07, 6.45) is 9.59. The van der Waals surface area contributed by atoms with Crippen molar-refractivity contribution in [3.05, 3.63) is 83.0 Å². The van der Waals surface area contributed by atoms with Crippen LogP contribution in [0.3, 0.4) is 0 Å². The third-order valence-corrected chi connectivity index (χ3v) is 4.68. The molecule has 7 nitrogen and oxygen atoms in total. The van der Waals surface area contributed by atoms with Crippen LogP contribution in [0.25, 0.3) is 6.08 Å². The van der Waals surface area contributed by atoms with Crippen molar-refractivity contribution in [3.63, 3.8) is 0 Å². The van der Waals surface area contributed by atoms with Gasteiger partial charge in [0.05, 0.1) is 18.4 Å². The van der Waals surface area contributed by atoms with E-state index in [1.165, 1.54) is 11.8 Å². The fourth-order valence-corrected chi connectivity index (χ4v) is 3.11. The third kappa shape index (κ3) is 7.83. The van der Waals surface area contributed by atoms with Crippen molar-refractivity contribution in [1.82, 2.24) is 15.2 Å². The molecule has 0 saturated carbocycles. The number of aliphatic imine (C=N–C) groups is 1. The number of aromatic nitrogens is 1. The second-order valence-corrected chi connectivity index (χ2v) is 7.51. The van der Waals surface area contributed by atoms with E-state index in [1.807, 2.05) is 49.5 Å². The average molecular weight is 434 g/mol. The maximum Gasteiger partial charge on any atom is 0.239 e. The Kier molecular flexibility index (Phi) is 9.84. The number of nitrogens with zero attached hydrogens (tertiary/aromatic N) is 3. The molecule has 0 fully saturated rings. The number of likely N-dealkylation sites (N-methyl/N-ethyl adjacent to an activating group) is 1. The number of carbonyl (C=O) groups excluding carboxylic acids is 2. The van der Waals surface area contributed by atoms with Gasteiger partial charge in [-0.2, -0.15) is 0 Å². The standard InChI is InChI=1S/C25H31N5O2/c1-4-8-20-11-12-27-15-22(20)13-19(2)14-28-24(32)17-30(3)25(29-16-23(26)18-31)21-9-6-5-7-10-21/h5-7,9-13,15-16,18H,4,8,14,17,26H2,1-3H3,(H,28,32)/b19-13+,23-16+,29-25?. The molecule has 1 aromatic heterocycles. The fourth-order valence-electron chi connectivity index (χ4n) is 3.11. The molecule has 0 atom stereocenters. The Bertz CT molecular complexity index is 996. The smallest absolute Gasteiger partial charge is 0.239 e. The second kappa shape index (κ2) is 12.8. The third-order valence-electron chi connectivity index (χ3n) is 4.68. The van der Waals surface area contributed by atoms with Crippen LogP contribution in [0.1, 0.15) is 37.0 Å². The predicted octanol–water partition coefficient (Wildman–Crippen LogP) is 2.93. The van der Waals surface area contributed by atoms with Gasteiger partial charge in [-0.25, -0.2) is 4.99 Å². The van der Waals surface area contributed by atoms with Gasteiger partial charge in [0.25, 0.3) is 0 Å². The van der Waals surface area contributed by atoms with Gasteiger partial charge >= 0.3 is 0 Å². The van der Waals surface area contributed by atoms with E-state index in [0.29, 0.717) is 18.7 Å². The molecule has 1 aromatic carbocycles. The zero-order valence-electron chi connectivity index (χ0n) is 18.9. The molecule has 3 N–H and O–H groups in total. The number of rotatable bonds is 10. The number of nitrogens with two attached hydrogens (primary N) is 1. The fraction of sp³-hybridized carbons (Fsp3) is 0.280. The lowest BCUT2D eigenvalue weighted by Crippen LogP contribution is -2.39. The minimum absolute atomic E-state index is 0.00916. The van der Waals surface area contributed by atoms with Crippen molar-refractivity contribution in [1.29, 1.82) is 0 Å². The minimum Gasteiger partial charge on any atom is -0.395 e. The molecule has 2 rings (SSSR count). The molecule has 7 heteroatoms. The van der Waals surface area contributed by atoms with E-state index in [9.17, 15) is 9.59 Å². The molecular weight excluding hydrogens is 402 g/mol. The quantitative estimate of drug-likeness (QED) is 0.260. The summed E-state index contributed by atoms with van der Waals surface area (Å²) in [5.41, 5.74) is 9.74. The normalized spacial score (nSPS) is 12.4. The van der Waals surface area contributed by atoms with Crippen LogP contribution in [-0.2, 0) is 16.0 Å². The van der Waals surface area contributed by atoms with Gasteiger partial charge in [-0.05, 0) is 30.5 Å². The molecule has 32 heavy (non-hydrogen) atoms. The van der Waals surface area contributed by atoms with E-state index in [1.54, 1.807) is 18.1 Å². The van der Waals surface area contributed by atoms with Crippen LogP contribution in [0.4, 0.5) is 0 Å². The van der Waals surface area contributed by atoms with Gasteiger partial charge in [0, 0.05) is 31.5 Å². The molecule has 0 aliphatic carbocycles. The van der Waals surface area contributed by atoms with Crippen molar-refractivity contribution in [2.45, 2.75) is 26.7 Å². The largest absolute Gasteiger partial charge is 0.395 e. The monoisotopic (exact) mass is 433 g/mol. The topological polar surface area (TPSA) is 101 Å². The Morgan fingerprint density at radius 1 is 1.25 bits per heavy atom. The van der Waals surface area contributed by atoms with E-state index in [4.69, 9.17) is 5.73 Å². The number of allylic oxidation sites excluding steroid dienone is 1. The van der Waals surface area contributed by atoms with E-state index in [-0.39, 0.29) is 18.1 Å². The highest BCUT2D eigenvalue weighted by Gasteiger charge is 2.13. The Morgan fingerprint density at radius 3 is 2.69 bits per heavy atom. The van der Waals surface area contributed by atoms with Crippen LogP contribution in [-0.4, -0.2) is 48.1 Å². The zero-order valence-corrected chi connectivity index (χ0v) is 18.9. The van der Waals surface area contributed by atoms with Crippen LogP contribution in [0.2, 0.25) is 0 Å². The summed E-state index contributed by atoms with van der Waals surface area (Å²) < 4.78 is 0. The maximum atomic E-state index is 12.6. The van der Waals surface area contributed by atoms with E-state index >= 15 is 0 Å². The second-order valence-electron chi connectivity index (χ2n) is 7.51. The summed E-state index contributed by atoms with van der Waals surface area (Å²) in [5.74, 6) is 0.397. The lowest BCUT2D eigenvalue weighted by molar-refractivity contribution is -0.121. The Balaban J connectivity index is 2.05. The van der Waals surface area contributed by atoms with Gasteiger partial charge in [-0.1, -0.05) is 55.3 Å². The Labute approximate surface area is 189 Å². The zero-order chi connectivity index (χ0) is 23.3. The molecule has 1 amide bonds. The molecule has 0 spiro atoms. The number of benzene rings is 1. The highest BCUT2D eigenvalue weighted by atomic mass is 16.2. The van der Waals surface area contributed by atoms with Crippen LogP contribution in [0.5, 0.6) is 0 Å². The summed E-state index contributed by atoms with van der Waals surface area (Å²) in [4.78, 5) is 33.6. The summed E-state index contributed by atoms with van der Waals surface area (Å²) in [6, 6.07) is 11.5. The van der Waals surface area contributed by atoms with Gasteiger partial charge in [-0.3, -0.25) is 14.6 Å². The number of aldehydes is 1. The number of hydrogen-bond acceptors (Lipinski definition) is 5. The highest BCUT2D eigenvalue weighted by Crippen LogP contribution is 2.13. The van der Waals surface area contributed by atoms with Crippen molar-refractivity contribution < 1.29 is 9.59 Å². The lowest BCUT2D eigenvalue weighted by atomic mass is 10.0. The Morgan fingerprint density at radius 2 is 2.00 bits per heavy atom. The molecule has 0 aliphatic heterocycles. The average Bonchev–Trinajstić information content (AvgIpc) is 2.80. The number of amides is 1. The minimum atomic E-state index is -0.142. The van der Waals surface area contributed by atoms with Gasteiger partial charge in [0.1, 0.15) is 5.84 Å². The van der Waals surface area contributed by atoms with Gasteiger partial charge < -0.3 is 16.0 Å². The SMILES string of the molecule is CCCc1ccncc1/C=C(\C)CNC(=O)CN(C)C(=N/C=C(/N)C=O)c1ccccc1. The first-order valence-electron chi connectivity index (χ1n) is 10.6. The summed E-state index contributed by atoms with van der Waals surface area (Å²) >= 11 is 0. The van der Waals surface area contributed by atoms with E-state index in [2.05, 4.69) is 28.3 Å². The van der Waals surface area contributed by atoms with Crippen molar-refractivity contribution in [2.75, 3.05) is 20.1 Å². The van der Waals surface area contributed by atoms with Gasteiger partial charge in [0.15, 0.2) is 6.29 Å². The van der Waals surface area contributed by atoms with Crippen molar-refractivity contribution in [2.24, 2.45) is 10.7 Å². The molecule has 0 aliphatic rings. The number of carbonyl (C=O) groups is 2. The molecule has 168 valence electrons. The summed E-state index contributed by atoms with van der Waals surface area (Å²) in [5, 5.41) is 2.95. The number of hydrogen-bond donors (Lipinski definition) is 2.